The van der Waals surface area contributed by atoms with Gasteiger partial charge in [-0.15, -0.1) is 0 Å². The Morgan fingerprint density at radius 2 is 1.94 bits per heavy atom. The van der Waals surface area contributed by atoms with Gasteiger partial charge in [0.2, 0.25) is 5.17 Å². The second-order valence-electron chi connectivity index (χ2n) is 2.78. The molecule has 1 aromatic carbocycles. The van der Waals surface area contributed by atoms with E-state index in [1.54, 1.807) is 0 Å². The normalized spacial score (nSPS) is 13.0. The molecule has 0 bridgehead atoms. The molecule has 1 rings (SSSR count). The fourth-order valence-corrected chi connectivity index (χ4v) is 1.00. The minimum absolute atomic E-state index is 0.231. The van der Waals surface area contributed by atoms with Gasteiger partial charge in [0, 0.05) is 6.07 Å². The van der Waals surface area contributed by atoms with E-state index in [9.17, 15) is 22.0 Å². The summed E-state index contributed by atoms with van der Waals surface area (Å²) in [6, 6.07) is 4.47. The summed E-state index contributed by atoms with van der Waals surface area (Å²) in [6.07, 6.45) is -4.78. The second-order valence-corrected chi connectivity index (χ2v) is 3.13. The number of hydrogen-bond donors (Lipinski definition) is 0. The van der Waals surface area contributed by atoms with E-state index in [1.165, 1.54) is 12.1 Å². The first-order valence-electron chi connectivity index (χ1n) is 4.15. The lowest BCUT2D eigenvalue weighted by Gasteiger charge is -2.06. The van der Waals surface area contributed by atoms with E-state index in [1.807, 2.05) is 0 Å². The van der Waals surface area contributed by atoms with E-state index in [2.05, 4.69) is 9.73 Å². The van der Waals surface area contributed by atoms with Crippen molar-refractivity contribution in [2.75, 3.05) is 0 Å². The molecule has 0 saturated heterocycles. The Morgan fingerprint density at radius 1 is 1.29 bits per heavy atom. The average molecular weight is 274 g/mol. The Bertz CT molecular complexity index is 418. The molecule has 0 aliphatic carbocycles. The van der Waals surface area contributed by atoms with Crippen LogP contribution in [0, 0.1) is 0 Å². The highest BCUT2D eigenvalue weighted by molar-refractivity contribution is 6.67. The lowest BCUT2D eigenvalue weighted by molar-refractivity contribution is -0.0560. The van der Waals surface area contributed by atoms with Crippen molar-refractivity contribution in [1.29, 1.82) is 0 Å². The third-order valence-corrected chi connectivity index (χ3v) is 1.80. The van der Waals surface area contributed by atoms with Gasteiger partial charge in [0.25, 0.3) is 0 Å². The zero-order valence-electron chi connectivity index (χ0n) is 8.01. The van der Waals surface area contributed by atoms with E-state index in [0.717, 1.165) is 12.1 Å². The SMILES string of the molecule is FC(F)Oc1cccc(N=C(Cl)C(F)(F)F)c1. The topological polar surface area (TPSA) is 21.6 Å². The predicted octanol–water partition coefficient (Wildman–Crippen LogP) is 4.12. The maximum Gasteiger partial charge on any atom is 0.444 e. The van der Waals surface area contributed by atoms with Crippen molar-refractivity contribution in [3.63, 3.8) is 0 Å². The lowest BCUT2D eigenvalue weighted by Crippen LogP contribution is -2.16. The first-order valence-corrected chi connectivity index (χ1v) is 4.53. The van der Waals surface area contributed by atoms with Crippen LogP contribution in [-0.2, 0) is 0 Å². The molecular weight excluding hydrogens is 269 g/mol. The molecule has 8 heteroatoms. The van der Waals surface area contributed by atoms with Gasteiger partial charge >= 0.3 is 12.8 Å². The molecule has 0 atom stereocenters. The van der Waals surface area contributed by atoms with Crippen LogP contribution in [-0.4, -0.2) is 18.0 Å². The molecule has 0 aliphatic rings. The number of benzene rings is 1. The molecule has 94 valence electrons. The standard InChI is InChI=1S/C9H5ClF5NO/c10-7(9(13,14)15)16-5-2-1-3-6(4-5)17-8(11)12/h1-4,8H. The third-order valence-electron chi connectivity index (χ3n) is 1.50. The molecule has 0 unspecified atom stereocenters. The number of aliphatic imine (C=N–C) groups is 1. The van der Waals surface area contributed by atoms with Gasteiger partial charge < -0.3 is 4.74 Å². The molecule has 0 amide bonds. The van der Waals surface area contributed by atoms with Crippen molar-refractivity contribution in [1.82, 2.24) is 0 Å². The molecule has 17 heavy (non-hydrogen) atoms. The summed E-state index contributed by atoms with van der Waals surface area (Å²) in [5, 5.41) is -1.59. The number of rotatable bonds is 3. The maximum atomic E-state index is 12.0. The van der Waals surface area contributed by atoms with Gasteiger partial charge in [0.05, 0.1) is 5.69 Å². The quantitative estimate of drug-likeness (QED) is 0.600. The summed E-state index contributed by atoms with van der Waals surface area (Å²) >= 11 is 4.89. The van der Waals surface area contributed by atoms with Crippen LogP contribution in [0.2, 0.25) is 0 Å². The van der Waals surface area contributed by atoms with Gasteiger partial charge in [-0.05, 0) is 12.1 Å². The lowest BCUT2D eigenvalue weighted by atomic mass is 10.3. The van der Waals surface area contributed by atoms with Gasteiger partial charge in [-0.2, -0.15) is 22.0 Å². The van der Waals surface area contributed by atoms with Crippen molar-refractivity contribution in [2.45, 2.75) is 12.8 Å². The van der Waals surface area contributed by atoms with Gasteiger partial charge in [-0.25, -0.2) is 4.99 Å². The van der Waals surface area contributed by atoms with Crippen LogP contribution in [0.4, 0.5) is 27.6 Å². The molecule has 0 N–H and O–H groups in total. The highest BCUT2D eigenvalue weighted by atomic mass is 35.5. The summed E-state index contributed by atoms with van der Waals surface area (Å²) < 4.78 is 63.8. The van der Waals surface area contributed by atoms with E-state index >= 15 is 0 Å². The van der Waals surface area contributed by atoms with Crippen molar-refractivity contribution in [3.8, 4) is 5.75 Å². The Morgan fingerprint density at radius 3 is 2.47 bits per heavy atom. The second kappa shape index (κ2) is 5.31. The molecule has 0 heterocycles. The summed E-state index contributed by atoms with van der Waals surface area (Å²) in [7, 11) is 0. The number of halogens is 6. The maximum absolute atomic E-state index is 12.0. The Kier molecular flexibility index (Phi) is 4.28. The zero-order valence-corrected chi connectivity index (χ0v) is 8.77. The fourth-order valence-electron chi connectivity index (χ4n) is 0.906. The number of ether oxygens (including phenoxy) is 1. The molecule has 0 aromatic heterocycles. The van der Waals surface area contributed by atoms with Crippen LogP contribution < -0.4 is 4.74 Å². The Balaban J connectivity index is 2.93. The Labute approximate surface area is 97.7 Å². The van der Waals surface area contributed by atoms with Gasteiger partial charge in [0.1, 0.15) is 5.75 Å². The van der Waals surface area contributed by atoms with E-state index in [-0.39, 0.29) is 11.4 Å². The summed E-state index contributed by atoms with van der Waals surface area (Å²) in [5.74, 6) is -0.298. The van der Waals surface area contributed by atoms with Crippen LogP contribution in [0.15, 0.2) is 29.3 Å². The first kappa shape index (κ1) is 13.7. The largest absolute Gasteiger partial charge is 0.444 e. The summed E-state index contributed by atoms with van der Waals surface area (Å²) in [5.41, 5.74) is -0.231. The molecule has 1 aromatic rings. The van der Waals surface area contributed by atoms with E-state index in [0.29, 0.717) is 0 Å². The highest BCUT2D eigenvalue weighted by Crippen LogP contribution is 2.26. The fraction of sp³-hybridized carbons (Fsp3) is 0.222. The average Bonchev–Trinajstić information content (AvgIpc) is 2.15. The number of alkyl halides is 5. The molecule has 0 radical (unpaired) electrons. The summed E-state index contributed by atoms with van der Waals surface area (Å²) in [6.45, 7) is -3.06. The minimum Gasteiger partial charge on any atom is -0.435 e. The van der Waals surface area contributed by atoms with E-state index < -0.39 is 18.0 Å². The van der Waals surface area contributed by atoms with Crippen molar-refractivity contribution >= 4 is 22.5 Å². The first-order chi connectivity index (χ1) is 7.79. The predicted molar refractivity (Wildman–Crippen MR) is 52.1 cm³/mol. The molecule has 0 aliphatic heterocycles. The molecule has 0 fully saturated rings. The Hall–Kier alpha value is -1.37. The zero-order chi connectivity index (χ0) is 13.1. The van der Waals surface area contributed by atoms with Gasteiger partial charge in [-0.1, -0.05) is 17.7 Å². The smallest absolute Gasteiger partial charge is 0.435 e. The molecule has 0 spiro atoms. The van der Waals surface area contributed by atoms with Crippen LogP contribution in [0.25, 0.3) is 0 Å². The highest BCUT2D eigenvalue weighted by Gasteiger charge is 2.34. The number of nitrogens with zero attached hydrogens (tertiary/aromatic N) is 1. The van der Waals surface area contributed by atoms with E-state index in [4.69, 9.17) is 11.6 Å². The molecule has 2 nitrogen and oxygen atoms in total. The molecule has 0 saturated carbocycles. The summed E-state index contributed by atoms with van der Waals surface area (Å²) in [4.78, 5) is 3.03. The third kappa shape index (κ3) is 4.56. The molecular formula is C9H5ClF5NO. The van der Waals surface area contributed by atoms with Crippen LogP contribution in [0.3, 0.4) is 0 Å². The van der Waals surface area contributed by atoms with Gasteiger partial charge in [-0.3, -0.25) is 0 Å². The van der Waals surface area contributed by atoms with Crippen molar-refractivity contribution in [3.05, 3.63) is 24.3 Å². The number of hydrogen-bond acceptors (Lipinski definition) is 2. The monoisotopic (exact) mass is 273 g/mol. The van der Waals surface area contributed by atoms with Crippen LogP contribution >= 0.6 is 11.6 Å². The minimum atomic E-state index is -4.78. The van der Waals surface area contributed by atoms with Crippen molar-refractivity contribution < 1.29 is 26.7 Å². The van der Waals surface area contributed by atoms with Crippen molar-refractivity contribution in [2.24, 2.45) is 4.99 Å². The van der Waals surface area contributed by atoms with Crippen LogP contribution in [0.1, 0.15) is 0 Å². The van der Waals surface area contributed by atoms with Crippen LogP contribution in [0.5, 0.6) is 5.75 Å². The van der Waals surface area contributed by atoms with Gasteiger partial charge in [0.15, 0.2) is 0 Å².